The van der Waals surface area contributed by atoms with Gasteiger partial charge in [0.15, 0.2) is 0 Å². The van der Waals surface area contributed by atoms with Gasteiger partial charge < -0.3 is 0 Å². The van der Waals surface area contributed by atoms with Gasteiger partial charge in [-0.3, -0.25) is 0 Å². The molecule has 1 saturated heterocycles. The summed E-state index contributed by atoms with van der Waals surface area (Å²) in [6.07, 6.45) is 17.4. The second-order valence-electron chi connectivity index (χ2n) is 7.81. The van der Waals surface area contributed by atoms with Crippen LogP contribution in [0, 0.1) is 0 Å². The predicted molar refractivity (Wildman–Crippen MR) is 112 cm³/mol. The Bertz CT molecular complexity index is 461. The average molecular weight is 449 g/mol. The van der Waals surface area contributed by atoms with Gasteiger partial charge in [0, 0.05) is 0 Å². The molecule has 0 saturated carbocycles. The van der Waals surface area contributed by atoms with E-state index in [0.29, 0.717) is 3.43 Å². The van der Waals surface area contributed by atoms with Gasteiger partial charge in [0.2, 0.25) is 0 Å². The van der Waals surface area contributed by atoms with Crippen LogP contribution >= 0.6 is 0 Å². The molecule has 1 aliphatic rings. The molecule has 2 radical (unpaired) electrons. The Morgan fingerprint density at radius 1 is 0.960 bits per heavy atom. The zero-order valence-corrected chi connectivity index (χ0v) is 19.7. The van der Waals surface area contributed by atoms with E-state index < -0.39 is 21.1 Å². The number of pyridine rings is 1. The number of hydrogen-bond acceptors (Lipinski definition) is 2. The molecule has 0 atom stereocenters. The Morgan fingerprint density at radius 3 is 2.04 bits per heavy atom. The summed E-state index contributed by atoms with van der Waals surface area (Å²) >= 11 is -0.693. The van der Waals surface area contributed by atoms with Crippen molar-refractivity contribution in [3.05, 3.63) is 18.3 Å². The molecule has 2 rings (SSSR count). The quantitative estimate of drug-likeness (QED) is 0.379. The van der Waals surface area contributed by atoms with Gasteiger partial charge in [-0.05, 0) is 0 Å². The molecule has 2 heterocycles. The van der Waals surface area contributed by atoms with Crippen molar-refractivity contribution in [2.45, 2.75) is 94.8 Å². The Labute approximate surface area is 166 Å². The summed E-state index contributed by atoms with van der Waals surface area (Å²) in [6, 6.07) is 4.70. The van der Waals surface area contributed by atoms with Crippen molar-refractivity contribution in [1.29, 1.82) is 0 Å². The van der Waals surface area contributed by atoms with Gasteiger partial charge in [0.05, 0.1) is 0 Å². The third kappa shape index (κ3) is 6.77. The van der Waals surface area contributed by atoms with Crippen molar-refractivity contribution in [1.82, 2.24) is 4.98 Å². The summed E-state index contributed by atoms with van der Waals surface area (Å²) in [5.74, 6) is 0. The molecule has 1 aromatic heterocycles. The van der Waals surface area contributed by atoms with E-state index in [1.165, 1.54) is 93.1 Å². The van der Waals surface area contributed by atoms with E-state index >= 15 is 0 Å². The number of nitrogens with zero attached hydrogens (tertiary/aromatic N) is 2. The summed E-state index contributed by atoms with van der Waals surface area (Å²) < 4.78 is 2.14. The van der Waals surface area contributed by atoms with Crippen LogP contribution < -0.4 is 8.61 Å². The molecular weight excluding hydrogens is 411 g/mol. The molecule has 0 amide bonds. The fraction of sp³-hybridized carbons (Fsp3) is 0.773. The van der Waals surface area contributed by atoms with Crippen LogP contribution in [-0.4, -0.2) is 39.2 Å². The monoisotopic (exact) mass is 450 g/mol. The first kappa shape index (κ1) is 21.1. The van der Waals surface area contributed by atoms with Gasteiger partial charge in [0.1, 0.15) is 0 Å². The molecule has 25 heavy (non-hydrogen) atoms. The number of anilines is 1. The first-order chi connectivity index (χ1) is 12.2. The van der Waals surface area contributed by atoms with Crippen molar-refractivity contribution in [2.75, 3.05) is 18.0 Å². The number of hydrogen-bond donors (Lipinski definition) is 0. The summed E-state index contributed by atoms with van der Waals surface area (Å²) in [5, 5.41) is 0. The van der Waals surface area contributed by atoms with E-state index in [1.54, 1.807) is 0 Å². The fourth-order valence-electron chi connectivity index (χ4n) is 4.04. The number of aromatic nitrogens is 1. The van der Waals surface area contributed by atoms with Crippen LogP contribution in [0.4, 0.5) is 5.69 Å². The van der Waals surface area contributed by atoms with Crippen molar-refractivity contribution >= 4 is 30.5 Å². The first-order valence-electron chi connectivity index (χ1n) is 10.7. The molecule has 0 bridgehead atoms. The van der Waals surface area contributed by atoms with Crippen LogP contribution in [0.25, 0.3) is 0 Å². The topological polar surface area (TPSA) is 16.1 Å². The number of rotatable bonds is 12. The van der Waals surface area contributed by atoms with Crippen molar-refractivity contribution in [3.8, 4) is 0 Å². The predicted octanol–water partition coefficient (Wildman–Crippen LogP) is 5.74. The zero-order chi connectivity index (χ0) is 18.0. The summed E-state index contributed by atoms with van der Waals surface area (Å²) in [6.45, 7) is 9.52. The van der Waals surface area contributed by atoms with Crippen molar-refractivity contribution in [2.24, 2.45) is 0 Å². The second-order valence-corrected chi connectivity index (χ2v) is 13.0. The zero-order valence-electron chi connectivity index (χ0n) is 16.8. The SMILES string of the molecule is CCCC[C](CCCC)(CCCC)[Sn][c]1cc(N2CCCC2)ccn1. The maximum atomic E-state index is 4.87. The summed E-state index contributed by atoms with van der Waals surface area (Å²) in [7, 11) is 0. The Balaban J connectivity index is 2.16. The minimum absolute atomic E-state index is 0.641. The fourth-order valence-corrected chi connectivity index (χ4v) is 9.20. The molecule has 0 aliphatic carbocycles. The van der Waals surface area contributed by atoms with Gasteiger partial charge in [-0.25, -0.2) is 0 Å². The minimum atomic E-state index is -0.693. The van der Waals surface area contributed by atoms with E-state index in [4.69, 9.17) is 4.98 Å². The van der Waals surface area contributed by atoms with E-state index in [-0.39, 0.29) is 0 Å². The van der Waals surface area contributed by atoms with Gasteiger partial charge in [-0.2, -0.15) is 0 Å². The average Bonchev–Trinajstić information content (AvgIpc) is 3.18. The van der Waals surface area contributed by atoms with Crippen LogP contribution in [0.2, 0.25) is 3.43 Å². The van der Waals surface area contributed by atoms with Crippen LogP contribution in [0.3, 0.4) is 0 Å². The standard InChI is InChI=1S/C13H27.C9H11N2.Sn/c1-4-7-10-13(11-8-5-2)12-9-6-3;1-2-8-11(7-1)9-3-5-10-6-4-9;/h4-12H2,1-3H3;3-5H,1-2,7-8H2;. The Morgan fingerprint density at radius 2 is 1.52 bits per heavy atom. The van der Waals surface area contributed by atoms with Crippen molar-refractivity contribution in [3.63, 3.8) is 0 Å². The first-order valence-corrected chi connectivity index (χ1v) is 13.6. The van der Waals surface area contributed by atoms with Crippen molar-refractivity contribution < 1.29 is 0 Å². The molecular formula is C22H38N2Sn. The molecule has 0 unspecified atom stereocenters. The van der Waals surface area contributed by atoms with Gasteiger partial charge in [-0.1, -0.05) is 0 Å². The van der Waals surface area contributed by atoms with Crippen LogP contribution in [0.5, 0.6) is 0 Å². The maximum absolute atomic E-state index is 4.87. The normalized spacial score (nSPS) is 15.1. The summed E-state index contributed by atoms with van der Waals surface area (Å²) in [5.41, 5.74) is 1.44. The molecule has 1 aliphatic heterocycles. The van der Waals surface area contributed by atoms with Crippen LogP contribution in [-0.2, 0) is 0 Å². The molecule has 3 heteroatoms. The van der Waals surface area contributed by atoms with E-state index in [1.807, 2.05) is 0 Å². The molecule has 0 aromatic carbocycles. The van der Waals surface area contributed by atoms with Crippen LogP contribution in [0.1, 0.15) is 91.4 Å². The Kier molecular flexibility index (Phi) is 9.65. The van der Waals surface area contributed by atoms with E-state index in [9.17, 15) is 0 Å². The summed E-state index contributed by atoms with van der Waals surface area (Å²) in [4.78, 5) is 7.43. The van der Waals surface area contributed by atoms with Gasteiger partial charge in [-0.15, -0.1) is 0 Å². The third-order valence-corrected chi connectivity index (χ3v) is 10.8. The van der Waals surface area contributed by atoms with E-state index in [2.05, 4.69) is 44.0 Å². The molecule has 2 nitrogen and oxygen atoms in total. The molecule has 0 N–H and O–H groups in total. The third-order valence-electron chi connectivity index (χ3n) is 5.63. The van der Waals surface area contributed by atoms with Gasteiger partial charge >= 0.3 is 167 Å². The molecule has 1 aromatic rings. The molecule has 140 valence electrons. The van der Waals surface area contributed by atoms with Crippen LogP contribution in [0.15, 0.2) is 18.3 Å². The molecule has 0 spiro atoms. The van der Waals surface area contributed by atoms with Gasteiger partial charge in [0.25, 0.3) is 0 Å². The molecule has 1 fully saturated rings. The second kappa shape index (κ2) is 11.5. The number of unbranched alkanes of at least 4 members (excludes halogenated alkanes) is 3. The Hall–Kier alpha value is -0.251. The van der Waals surface area contributed by atoms with E-state index in [0.717, 1.165) is 0 Å².